The Morgan fingerprint density at radius 2 is 1.18 bits per heavy atom. The Bertz CT molecular complexity index is 114. The minimum absolute atomic E-state index is 0.465. The Hall–Kier alpha value is 1.95. The Balaban J connectivity index is 4.02. The molecule has 0 aromatic carbocycles. The van der Waals surface area contributed by atoms with E-state index in [1.54, 1.807) is 0 Å². The first kappa shape index (κ1) is 12.9. The second-order valence-corrected chi connectivity index (χ2v) is 29.0. The van der Waals surface area contributed by atoms with Crippen LogP contribution in [0.2, 0.25) is 5.09 Å². The van der Waals surface area contributed by atoms with Crippen LogP contribution in [0, 0.1) is 0 Å². The van der Waals surface area contributed by atoms with E-state index in [4.69, 9.17) is 22.2 Å². The van der Waals surface area contributed by atoms with Gasteiger partial charge in [0.05, 0.1) is 0 Å². The van der Waals surface area contributed by atoms with Crippen LogP contribution < -0.4 is 0 Å². The molecule has 5 heteroatoms. The van der Waals surface area contributed by atoms with E-state index < -0.39 is 24.6 Å². The SMILES string of the molecule is C[C](C)([Si]Cl)[Hg][C](C)(C)[Si]Cl. The van der Waals surface area contributed by atoms with Crippen molar-refractivity contribution in [1.29, 1.82) is 0 Å². The Labute approximate surface area is 96.3 Å². The summed E-state index contributed by atoms with van der Waals surface area (Å²) in [7, 11) is 1.16. The van der Waals surface area contributed by atoms with Crippen LogP contribution in [0.3, 0.4) is 0 Å². The van der Waals surface area contributed by atoms with E-state index in [1.807, 2.05) is 0 Å². The monoisotopic (exact) mass is 412 g/mol. The molecule has 0 unspecified atom stereocenters. The number of hydrogen-bond donors (Lipinski definition) is 0. The fourth-order valence-electron chi connectivity index (χ4n) is 1.17. The molecule has 0 aliphatic carbocycles. The Kier molecular flexibility index (Phi) is 5.87. The van der Waals surface area contributed by atoms with Crippen LogP contribution in [0.15, 0.2) is 0 Å². The summed E-state index contributed by atoms with van der Waals surface area (Å²) < 4.78 is 0.930. The molecule has 0 spiro atoms. The molecule has 0 aromatic heterocycles. The minimum atomic E-state index is -0.936. The molecule has 0 fully saturated rings. The van der Waals surface area contributed by atoms with Gasteiger partial charge in [-0.3, -0.25) is 0 Å². The second kappa shape index (κ2) is 4.99. The van der Waals surface area contributed by atoms with Crippen LogP contribution in [0.25, 0.3) is 0 Å². The first-order valence-electron chi connectivity index (χ1n) is 3.59. The summed E-state index contributed by atoms with van der Waals surface area (Å²) in [6, 6.07) is 0. The molecular formula is C6H12Cl2HgSi2. The summed E-state index contributed by atoms with van der Waals surface area (Å²) in [6.45, 7) is 9.16. The van der Waals surface area contributed by atoms with Crippen LogP contribution in [0.1, 0.15) is 27.7 Å². The summed E-state index contributed by atoms with van der Waals surface area (Å²) in [5.74, 6) is 0. The Morgan fingerprint density at radius 3 is 1.36 bits per heavy atom. The van der Waals surface area contributed by atoms with Crippen LogP contribution >= 0.6 is 22.2 Å². The standard InChI is InChI=1S/2C3H6ClSi.Hg/c2*1-3(2)5-4;/h2*1-2H3;. The van der Waals surface area contributed by atoms with Gasteiger partial charge >= 0.3 is 97.2 Å². The maximum atomic E-state index is 5.90. The molecule has 0 nitrogen and oxygen atoms in total. The molecule has 11 heavy (non-hydrogen) atoms. The van der Waals surface area contributed by atoms with Crippen molar-refractivity contribution in [2.24, 2.45) is 0 Å². The van der Waals surface area contributed by atoms with Crippen LogP contribution in [0.4, 0.5) is 0 Å². The molecule has 0 rings (SSSR count). The van der Waals surface area contributed by atoms with Gasteiger partial charge in [0.1, 0.15) is 0 Å². The molecule has 0 amide bonds. The fraction of sp³-hybridized carbons (Fsp3) is 1.00. The number of rotatable bonds is 4. The molecule has 4 radical (unpaired) electrons. The molecule has 0 aliphatic heterocycles. The Morgan fingerprint density at radius 1 is 0.909 bits per heavy atom. The van der Waals surface area contributed by atoms with Crippen molar-refractivity contribution in [3.63, 3.8) is 0 Å². The van der Waals surface area contributed by atoms with Crippen molar-refractivity contribution in [2.75, 3.05) is 0 Å². The molecule has 0 aliphatic rings. The molecule has 0 atom stereocenters. The summed E-state index contributed by atoms with van der Waals surface area (Å²) >= 11 is 10.9. The summed E-state index contributed by atoms with van der Waals surface area (Å²) in [5.41, 5.74) is 0. The molecule has 0 bridgehead atoms. The molecular weight excluding hydrogens is 400 g/mol. The van der Waals surface area contributed by atoms with Gasteiger partial charge in [-0.15, -0.1) is 0 Å². The van der Waals surface area contributed by atoms with Gasteiger partial charge in [0.15, 0.2) is 0 Å². The third-order valence-electron chi connectivity index (χ3n) is 1.40. The average Bonchev–Trinajstić information content (AvgIpc) is 1.86. The molecule has 0 aromatic rings. The van der Waals surface area contributed by atoms with Crippen LogP contribution in [-0.2, 0) is 24.6 Å². The predicted molar refractivity (Wildman–Crippen MR) is 51.3 cm³/mol. The summed E-state index contributed by atoms with van der Waals surface area (Å²) in [4.78, 5) is 0. The van der Waals surface area contributed by atoms with Crippen molar-refractivity contribution in [3.05, 3.63) is 0 Å². The van der Waals surface area contributed by atoms with Crippen LogP contribution in [0.5, 0.6) is 0 Å². The van der Waals surface area contributed by atoms with Gasteiger partial charge in [-0.2, -0.15) is 0 Å². The van der Waals surface area contributed by atoms with Gasteiger partial charge in [-0.25, -0.2) is 0 Å². The topological polar surface area (TPSA) is 0 Å². The average molecular weight is 412 g/mol. The first-order chi connectivity index (χ1) is 4.83. The third kappa shape index (κ3) is 6.08. The van der Waals surface area contributed by atoms with Gasteiger partial charge < -0.3 is 0 Å². The van der Waals surface area contributed by atoms with Crippen molar-refractivity contribution in [3.8, 4) is 0 Å². The van der Waals surface area contributed by atoms with Gasteiger partial charge in [0, 0.05) is 0 Å². The van der Waals surface area contributed by atoms with E-state index in [-0.39, 0.29) is 0 Å². The van der Waals surface area contributed by atoms with E-state index in [0.717, 1.165) is 0 Å². The molecule has 0 N–H and O–H groups in total. The van der Waals surface area contributed by atoms with Gasteiger partial charge in [0.2, 0.25) is 0 Å². The van der Waals surface area contributed by atoms with Crippen molar-refractivity contribution < 1.29 is 24.6 Å². The summed E-state index contributed by atoms with van der Waals surface area (Å²) in [5, 5.41) is 0. The number of hydrogen-bond acceptors (Lipinski definition) is 0. The number of halogens is 2. The zero-order valence-corrected chi connectivity index (χ0v) is 16.5. The predicted octanol–water partition coefficient (Wildman–Crippen LogP) is 3.10. The third-order valence-corrected chi connectivity index (χ3v) is 24.8. The zero-order chi connectivity index (χ0) is 9.12. The van der Waals surface area contributed by atoms with Gasteiger partial charge in [0.25, 0.3) is 0 Å². The molecule has 0 saturated carbocycles. The van der Waals surface area contributed by atoms with E-state index in [9.17, 15) is 0 Å². The molecule has 60 valence electrons. The quantitative estimate of drug-likeness (QED) is 0.492. The van der Waals surface area contributed by atoms with Crippen molar-refractivity contribution >= 4 is 39.8 Å². The van der Waals surface area contributed by atoms with E-state index in [1.165, 1.54) is 0 Å². The van der Waals surface area contributed by atoms with Gasteiger partial charge in [-0.1, -0.05) is 0 Å². The van der Waals surface area contributed by atoms with E-state index >= 15 is 0 Å². The van der Waals surface area contributed by atoms with Gasteiger partial charge in [-0.05, 0) is 0 Å². The fourth-order valence-corrected chi connectivity index (χ4v) is 24.3. The first-order valence-corrected chi connectivity index (χ1v) is 13.1. The van der Waals surface area contributed by atoms with Crippen molar-refractivity contribution in [2.45, 2.75) is 32.8 Å². The van der Waals surface area contributed by atoms with E-state index in [2.05, 4.69) is 27.7 Å². The molecule has 0 heterocycles. The normalized spacial score (nSPS) is 12.9. The zero-order valence-electron chi connectivity index (χ0n) is 7.46. The second-order valence-electron chi connectivity index (χ2n) is 4.13. The van der Waals surface area contributed by atoms with Crippen LogP contribution in [-0.4, -0.2) is 17.7 Å². The van der Waals surface area contributed by atoms with E-state index in [0.29, 0.717) is 22.8 Å². The van der Waals surface area contributed by atoms with Crippen molar-refractivity contribution in [1.82, 2.24) is 0 Å². The summed E-state index contributed by atoms with van der Waals surface area (Å²) in [6.07, 6.45) is 0. The molecule has 0 saturated heterocycles. The maximum absolute atomic E-state index is 5.90.